The summed E-state index contributed by atoms with van der Waals surface area (Å²) in [5.74, 6) is -1.60. The largest absolute Gasteiger partial charge is 0.352 e. The second kappa shape index (κ2) is 15.4. The summed E-state index contributed by atoms with van der Waals surface area (Å²) in [5.41, 5.74) is 1.66. The number of amides is 2. The van der Waals surface area contributed by atoms with Crippen LogP contribution in [0.25, 0.3) is 0 Å². The fraction of sp³-hybridized carbons (Fsp3) is 0.278. The van der Waals surface area contributed by atoms with Crippen molar-refractivity contribution in [1.82, 2.24) is 10.2 Å². The molecule has 5 rings (SSSR count). The van der Waals surface area contributed by atoms with Crippen LogP contribution < -0.4 is 9.62 Å². The van der Waals surface area contributed by atoms with Crippen molar-refractivity contribution < 1.29 is 22.4 Å². The average molecular weight is 662 g/mol. The van der Waals surface area contributed by atoms with Crippen LogP contribution in [0.5, 0.6) is 0 Å². The van der Waals surface area contributed by atoms with E-state index in [9.17, 15) is 22.4 Å². The summed E-state index contributed by atoms with van der Waals surface area (Å²) in [4.78, 5) is 30.0. The summed E-state index contributed by atoms with van der Waals surface area (Å²) in [6, 6.07) is 29.0. The molecule has 4 aromatic carbocycles. The van der Waals surface area contributed by atoms with Gasteiger partial charge in [-0.2, -0.15) is 0 Å². The van der Waals surface area contributed by atoms with Gasteiger partial charge in [0.15, 0.2) is 0 Å². The molecule has 1 aliphatic rings. The minimum atomic E-state index is -4.31. The van der Waals surface area contributed by atoms with Crippen LogP contribution in [0.1, 0.15) is 43.2 Å². The van der Waals surface area contributed by atoms with Gasteiger partial charge in [0.25, 0.3) is 10.0 Å². The zero-order chi connectivity index (χ0) is 32.5. The molecular formula is C36H37ClFN3O4S. The van der Waals surface area contributed by atoms with Crippen molar-refractivity contribution in [3.8, 4) is 0 Å². The number of nitrogens with one attached hydrogen (secondary N) is 1. The van der Waals surface area contributed by atoms with Crippen molar-refractivity contribution in [2.45, 2.75) is 62.0 Å². The van der Waals surface area contributed by atoms with Crippen LogP contribution in [0.15, 0.2) is 114 Å². The quantitative estimate of drug-likeness (QED) is 0.182. The van der Waals surface area contributed by atoms with E-state index in [-0.39, 0.29) is 40.5 Å². The first-order chi connectivity index (χ1) is 22.2. The topological polar surface area (TPSA) is 86.8 Å². The van der Waals surface area contributed by atoms with Gasteiger partial charge in [-0.3, -0.25) is 13.9 Å². The number of hydrogen-bond acceptors (Lipinski definition) is 4. The second-order valence-corrected chi connectivity index (χ2v) is 13.7. The van der Waals surface area contributed by atoms with Crippen molar-refractivity contribution in [3.05, 3.63) is 131 Å². The molecule has 0 bridgehead atoms. The van der Waals surface area contributed by atoms with E-state index >= 15 is 0 Å². The zero-order valence-electron chi connectivity index (χ0n) is 25.4. The Morgan fingerprint density at radius 2 is 1.41 bits per heavy atom. The number of hydrogen-bond donors (Lipinski definition) is 1. The zero-order valence-corrected chi connectivity index (χ0v) is 27.0. The van der Waals surface area contributed by atoms with Crippen LogP contribution in [0.2, 0.25) is 5.02 Å². The van der Waals surface area contributed by atoms with E-state index in [1.807, 2.05) is 60.7 Å². The number of carbonyl (C=O) groups excluding carboxylic acids is 2. The molecule has 0 unspecified atom stereocenters. The molecule has 1 N–H and O–H groups in total. The minimum absolute atomic E-state index is 0.00418. The maximum absolute atomic E-state index is 14.5. The van der Waals surface area contributed by atoms with Crippen LogP contribution in [-0.4, -0.2) is 43.8 Å². The fourth-order valence-electron chi connectivity index (χ4n) is 5.77. The van der Waals surface area contributed by atoms with Gasteiger partial charge < -0.3 is 10.2 Å². The molecule has 7 nitrogen and oxygen atoms in total. The maximum Gasteiger partial charge on any atom is 0.264 e. The lowest BCUT2D eigenvalue weighted by Gasteiger charge is -2.35. The smallest absolute Gasteiger partial charge is 0.264 e. The molecule has 2 amide bonds. The predicted molar refractivity (Wildman–Crippen MR) is 178 cm³/mol. The SMILES string of the molecule is O=C(NC1CCCCC1)[C@H](Cc1ccccc1)N(Cc1ccccc1)C(=O)CN(c1ccc(F)c(Cl)c1)S(=O)(=O)c1ccccc1. The number of halogens is 2. The predicted octanol–water partition coefficient (Wildman–Crippen LogP) is 6.76. The third-order valence-electron chi connectivity index (χ3n) is 8.22. The van der Waals surface area contributed by atoms with Gasteiger partial charge in [0.05, 0.1) is 15.6 Å². The molecule has 46 heavy (non-hydrogen) atoms. The molecule has 0 spiro atoms. The Labute approximate surface area is 275 Å². The van der Waals surface area contributed by atoms with E-state index in [0.29, 0.717) is 0 Å². The summed E-state index contributed by atoms with van der Waals surface area (Å²) in [5, 5.41) is 2.91. The number of rotatable bonds is 12. The number of benzene rings is 4. The van der Waals surface area contributed by atoms with Crippen molar-refractivity contribution >= 4 is 39.1 Å². The van der Waals surface area contributed by atoms with Crippen LogP contribution in [0, 0.1) is 5.82 Å². The van der Waals surface area contributed by atoms with Crippen molar-refractivity contribution in [1.29, 1.82) is 0 Å². The van der Waals surface area contributed by atoms with Crippen LogP contribution in [0.4, 0.5) is 10.1 Å². The van der Waals surface area contributed by atoms with E-state index in [1.54, 1.807) is 18.2 Å². The summed E-state index contributed by atoms with van der Waals surface area (Å²) in [6.45, 7) is -0.577. The van der Waals surface area contributed by atoms with E-state index in [4.69, 9.17) is 11.6 Å². The Balaban J connectivity index is 1.56. The van der Waals surface area contributed by atoms with Crippen molar-refractivity contribution in [2.75, 3.05) is 10.8 Å². The van der Waals surface area contributed by atoms with Crippen molar-refractivity contribution in [3.63, 3.8) is 0 Å². The summed E-state index contributed by atoms with van der Waals surface area (Å²) in [6.07, 6.45) is 5.13. The van der Waals surface area contributed by atoms with Gasteiger partial charge in [-0.25, -0.2) is 12.8 Å². The number of sulfonamides is 1. The molecule has 4 aromatic rings. The standard InChI is InChI=1S/C36H37ClFN3O4S/c37-32-24-30(21-22-33(32)38)41(46(44,45)31-19-11-4-12-20-31)26-35(42)40(25-28-15-7-2-8-16-28)34(23-27-13-5-1-6-14-27)36(43)39-29-17-9-3-10-18-29/h1-2,4-8,11-16,19-22,24,29,34H,3,9-10,17-18,23,25-26H2,(H,39,43)/t34-/m0/s1. The van der Waals surface area contributed by atoms with Gasteiger partial charge in [0, 0.05) is 19.0 Å². The second-order valence-electron chi connectivity index (χ2n) is 11.5. The monoisotopic (exact) mass is 661 g/mol. The summed E-state index contributed by atoms with van der Waals surface area (Å²) >= 11 is 6.09. The molecule has 1 aliphatic carbocycles. The molecule has 240 valence electrons. The van der Waals surface area contributed by atoms with Gasteiger partial charge in [0.2, 0.25) is 11.8 Å². The lowest BCUT2D eigenvalue weighted by molar-refractivity contribution is -0.140. The molecule has 0 aromatic heterocycles. The molecule has 0 saturated heterocycles. The normalized spacial score (nSPS) is 14.3. The molecule has 1 fully saturated rings. The van der Waals surface area contributed by atoms with Gasteiger partial charge in [-0.1, -0.05) is 110 Å². The third kappa shape index (κ3) is 8.33. The van der Waals surface area contributed by atoms with E-state index in [0.717, 1.165) is 53.6 Å². The highest BCUT2D eigenvalue weighted by Crippen LogP contribution is 2.29. The molecule has 0 radical (unpaired) electrons. The van der Waals surface area contributed by atoms with Gasteiger partial charge in [-0.05, 0) is 54.3 Å². The van der Waals surface area contributed by atoms with E-state index < -0.39 is 34.3 Å². The van der Waals surface area contributed by atoms with Crippen LogP contribution >= 0.6 is 11.6 Å². The third-order valence-corrected chi connectivity index (χ3v) is 10.3. The lowest BCUT2D eigenvalue weighted by atomic mass is 9.94. The number of anilines is 1. The highest BCUT2D eigenvalue weighted by molar-refractivity contribution is 7.92. The Morgan fingerprint density at radius 1 is 0.826 bits per heavy atom. The van der Waals surface area contributed by atoms with E-state index in [2.05, 4.69) is 5.32 Å². The minimum Gasteiger partial charge on any atom is -0.352 e. The molecule has 10 heteroatoms. The first-order valence-electron chi connectivity index (χ1n) is 15.4. The Morgan fingerprint density at radius 3 is 2.02 bits per heavy atom. The van der Waals surface area contributed by atoms with Crippen molar-refractivity contribution in [2.24, 2.45) is 0 Å². The lowest BCUT2D eigenvalue weighted by Crippen LogP contribution is -2.55. The highest BCUT2D eigenvalue weighted by atomic mass is 35.5. The molecular weight excluding hydrogens is 625 g/mol. The average Bonchev–Trinajstić information content (AvgIpc) is 3.08. The molecule has 0 heterocycles. The van der Waals surface area contributed by atoms with Gasteiger partial charge >= 0.3 is 0 Å². The first-order valence-corrected chi connectivity index (χ1v) is 17.2. The first kappa shape index (κ1) is 33.2. The molecule has 1 saturated carbocycles. The van der Waals surface area contributed by atoms with Crippen LogP contribution in [-0.2, 0) is 32.6 Å². The Bertz CT molecular complexity index is 1720. The number of nitrogens with zero attached hydrogens (tertiary/aromatic N) is 2. The fourth-order valence-corrected chi connectivity index (χ4v) is 7.37. The van der Waals surface area contributed by atoms with Gasteiger partial charge in [-0.15, -0.1) is 0 Å². The van der Waals surface area contributed by atoms with Crippen LogP contribution in [0.3, 0.4) is 0 Å². The summed E-state index contributed by atoms with van der Waals surface area (Å²) < 4.78 is 43.2. The highest BCUT2D eigenvalue weighted by Gasteiger charge is 2.35. The Hall–Kier alpha value is -4.21. The summed E-state index contributed by atoms with van der Waals surface area (Å²) in [7, 11) is -4.31. The number of carbonyl (C=O) groups is 2. The van der Waals surface area contributed by atoms with Gasteiger partial charge in [0.1, 0.15) is 18.4 Å². The molecule has 1 atom stereocenters. The maximum atomic E-state index is 14.5. The Kier molecular flexibility index (Phi) is 11.1. The molecule has 0 aliphatic heterocycles. The van der Waals surface area contributed by atoms with E-state index in [1.165, 1.54) is 29.2 Å².